The van der Waals surface area contributed by atoms with Gasteiger partial charge in [-0.15, -0.1) is 0 Å². The van der Waals surface area contributed by atoms with Gasteiger partial charge in [0.1, 0.15) is 0 Å². The predicted molar refractivity (Wildman–Crippen MR) is 83.2 cm³/mol. The molecular formula is C17H34N2. The van der Waals surface area contributed by atoms with Crippen LogP contribution in [0.5, 0.6) is 0 Å². The van der Waals surface area contributed by atoms with E-state index in [9.17, 15) is 0 Å². The van der Waals surface area contributed by atoms with Crippen LogP contribution in [0.15, 0.2) is 0 Å². The highest BCUT2D eigenvalue weighted by atomic mass is 15.2. The quantitative estimate of drug-likeness (QED) is 0.820. The molecule has 2 heteroatoms. The van der Waals surface area contributed by atoms with E-state index in [4.69, 9.17) is 5.73 Å². The molecule has 2 aliphatic rings. The van der Waals surface area contributed by atoms with Crippen molar-refractivity contribution in [2.45, 2.75) is 90.3 Å². The summed E-state index contributed by atoms with van der Waals surface area (Å²) in [7, 11) is 0. The van der Waals surface area contributed by atoms with Gasteiger partial charge in [-0.2, -0.15) is 0 Å². The van der Waals surface area contributed by atoms with E-state index in [1.54, 1.807) is 0 Å². The molecule has 1 saturated heterocycles. The Balaban J connectivity index is 2.08. The third-order valence-corrected chi connectivity index (χ3v) is 5.77. The lowest BCUT2D eigenvalue weighted by molar-refractivity contribution is 0.0435. The highest BCUT2D eigenvalue weighted by Gasteiger charge is 2.40. The monoisotopic (exact) mass is 266 g/mol. The number of rotatable bonds is 5. The first kappa shape index (κ1) is 15.3. The highest BCUT2D eigenvalue weighted by Crippen LogP contribution is 2.39. The molecule has 0 radical (unpaired) electrons. The highest BCUT2D eigenvalue weighted by molar-refractivity contribution is 4.95. The molecule has 5 atom stereocenters. The SMILES string of the molecule is CCCC1CCC(CN)C(N2C(C)CCC2CC)C1. The fourth-order valence-electron chi connectivity index (χ4n) is 4.71. The number of nitrogens with two attached hydrogens (primary N) is 1. The van der Waals surface area contributed by atoms with Gasteiger partial charge in [0.15, 0.2) is 0 Å². The fourth-order valence-corrected chi connectivity index (χ4v) is 4.71. The zero-order chi connectivity index (χ0) is 13.8. The standard InChI is InChI=1S/C17H34N2/c1-4-6-14-8-9-15(12-18)17(11-14)19-13(3)7-10-16(19)5-2/h13-17H,4-12,18H2,1-3H3. The number of hydrogen-bond acceptors (Lipinski definition) is 2. The van der Waals surface area contributed by atoms with E-state index in [0.29, 0.717) is 0 Å². The molecule has 2 fully saturated rings. The van der Waals surface area contributed by atoms with Gasteiger partial charge >= 0.3 is 0 Å². The van der Waals surface area contributed by atoms with Crippen molar-refractivity contribution in [3.05, 3.63) is 0 Å². The number of nitrogens with zero attached hydrogens (tertiary/aromatic N) is 1. The Morgan fingerprint density at radius 2 is 1.89 bits per heavy atom. The second-order valence-corrected chi connectivity index (χ2v) is 6.97. The predicted octanol–water partition coefficient (Wildman–Crippen LogP) is 3.79. The molecular weight excluding hydrogens is 232 g/mol. The van der Waals surface area contributed by atoms with Gasteiger partial charge in [-0.3, -0.25) is 4.90 Å². The van der Waals surface area contributed by atoms with Crippen LogP contribution in [0, 0.1) is 11.8 Å². The Hall–Kier alpha value is -0.0800. The van der Waals surface area contributed by atoms with Gasteiger partial charge in [0.05, 0.1) is 0 Å². The van der Waals surface area contributed by atoms with Gasteiger partial charge in [-0.1, -0.05) is 33.1 Å². The number of likely N-dealkylation sites (tertiary alicyclic amines) is 1. The Bertz CT molecular complexity index is 266. The summed E-state index contributed by atoms with van der Waals surface area (Å²) >= 11 is 0. The minimum absolute atomic E-state index is 0.753. The van der Waals surface area contributed by atoms with Crippen molar-refractivity contribution in [3.8, 4) is 0 Å². The fraction of sp³-hybridized carbons (Fsp3) is 1.00. The first-order valence-corrected chi connectivity index (χ1v) is 8.68. The molecule has 0 aromatic heterocycles. The van der Waals surface area contributed by atoms with Crippen LogP contribution in [0.4, 0.5) is 0 Å². The summed E-state index contributed by atoms with van der Waals surface area (Å²) in [6.07, 6.45) is 11.1. The average Bonchev–Trinajstić information content (AvgIpc) is 2.80. The third kappa shape index (κ3) is 3.33. The molecule has 19 heavy (non-hydrogen) atoms. The second-order valence-electron chi connectivity index (χ2n) is 6.97. The van der Waals surface area contributed by atoms with Crippen molar-refractivity contribution < 1.29 is 0 Å². The number of hydrogen-bond donors (Lipinski definition) is 1. The molecule has 2 N–H and O–H groups in total. The minimum atomic E-state index is 0.753. The Morgan fingerprint density at radius 3 is 2.53 bits per heavy atom. The third-order valence-electron chi connectivity index (χ3n) is 5.77. The molecule has 5 unspecified atom stereocenters. The topological polar surface area (TPSA) is 29.3 Å². The van der Waals surface area contributed by atoms with Gasteiger partial charge in [0.25, 0.3) is 0 Å². The lowest BCUT2D eigenvalue weighted by Gasteiger charge is -2.45. The Kier molecular flexibility index (Phi) is 5.70. The van der Waals surface area contributed by atoms with E-state index in [1.807, 2.05) is 0 Å². The normalized spacial score (nSPS) is 40.7. The maximum Gasteiger partial charge on any atom is 0.0144 e. The summed E-state index contributed by atoms with van der Waals surface area (Å²) in [6, 6.07) is 2.39. The Morgan fingerprint density at radius 1 is 1.11 bits per heavy atom. The first-order chi connectivity index (χ1) is 9.21. The van der Waals surface area contributed by atoms with Crippen LogP contribution < -0.4 is 5.73 Å². The van der Waals surface area contributed by atoms with Crippen molar-refractivity contribution in [3.63, 3.8) is 0 Å². The molecule has 1 aliphatic heterocycles. The zero-order valence-electron chi connectivity index (χ0n) is 13.3. The van der Waals surface area contributed by atoms with E-state index in [1.165, 1.54) is 51.4 Å². The zero-order valence-corrected chi connectivity index (χ0v) is 13.3. The summed E-state index contributed by atoms with van der Waals surface area (Å²) in [5.41, 5.74) is 6.09. The molecule has 2 nitrogen and oxygen atoms in total. The maximum absolute atomic E-state index is 6.09. The van der Waals surface area contributed by atoms with Crippen molar-refractivity contribution in [2.75, 3.05) is 6.54 Å². The average molecular weight is 266 g/mol. The summed E-state index contributed by atoms with van der Waals surface area (Å²) in [5, 5.41) is 0. The molecule has 1 saturated carbocycles. The molecule has 0 amide bonds. The lowest BCUT2D eigenvalue weighted by Crippen LogP contribution is -2.51. The van der Waals surface area contributed by atoms with Crippen molar-refractivity contribution >= 4 is 0 Å². The van der Waals surface area contributed by atoms with Crippen LogP contribution in [0.2, 0.25) is 0 Å². The minimum Gasteiger partial charge on any atom is -0.330 e. The van der Waals surface area contributed by atoms with Crippen molar-refractivity contribution in [1.29, 1.82) is 0 Å². The van der Waals surface area contributed by atoms with E-state index in [0.717, 1.165) is 36.5 Å². The van der Waals surface area contributed by atoms with E-state index in [-0.39, 0.29) is 0 Å². The van der Waals surface area contributed by atoms with E-state index < -0.39 is 0 Å². The Labute approximate surface area is 120 Å². The summed E-state index contributed by atoms with van der Waals surface area (Å²) in [5.74, 6) is 1.71. The van der Waals surface area contributed by atoms with Crippen LogP contribution in [0.1, 0.15) is 72.1 Å². The van der Waals surface area contributed by atoms with Crippen LogP contribution >= 0.6 is 0 Å². The van der Waals surface area contributed by atoms with Gasteiger partial charge in [0.2, 0.25) is 0 Å². The molecule has 112 valence electrons. The first-order valence-electron chi connectivity index (χ1n) is 8.68. The molecule has 0 aromatic carbocycles. The van der Waals surface area contributed by atoms with E-state index >= 15 is 0 Å². The largest absolute Gasteiger partial charge is 0.330 e. The van der Waals surface area contributed by atoms with E-state index in [2.05, 4.69) is 25.7 Å². The van der Waals surface area contributed by atoms with Gasteiger partial charge in [0, 0.05) is 18.1 Å². The molecule has 0 bridgehead atoms. The van der Waals surface area contributed by atoms with Gasteiger partial charge < -0.3 is 5.73 Å². The second kappa shape index (κ2) is 7.08. The maximum atomic E-state index is 6.09. The molecule has 2 rings (SSSR count). The summed E-state index contributed by atoms with van der Waals surface area (Å²) < 4.78 is 0. The molecule has 0 spiro atoms. The van der Waals surface area contributed by atoms with Crippen molar-refractivity contribution in [1.82, 2.24) is 4.90 Å². The van der Waals surface area contributed by atoms with Gasteiger partial charge in [-0.05, 0) is 57.4 Å². The van der Waals surface area contributed by atoms with Gasteiger partial charge in [-0.25, -0.2) is 0 Å². The molecule has 1 heterocycles. The lowest BCUT2D eigenvalue weighted by atomic mass is 9.75. The summed E-state index contributed by atoms with van der Waals surface area (Å²) in [4.78, 5) is 2.87. The van der Waals surface area contributed by atoms with Crippen LogP contribution in [-0.2, 0) is 0 Å². The molecule has 0 aromatic rings. The van der Waals surface area contributed by atoms with Crippen molar-refractivity contribution in [2.24, 2.45) is 17.6 Å². The van der Waals surface area contributed by atoms with Crippen LogP contribution in [0.25, 0.3) is 0 Å². The van der Waals surface area contributed by atoms with Crippen LogP contribution in [-0.4, -0.2) is 29.6 Å². The molecule has 1 aliphatic carbocycles. The summed E-state index contributed by atoms with van der Waals surface area (Å²) in [6.45, 7) is 8.02. The van der Waals surface area contributed by atoms with Crippen LogP contribution in [0.3, 0.4) is 0 Å². The smallest absolute Gasteiger partial charge is 0.0144 e.